The van der Waals surface area contributed by atoms with Crippen LogP contribution in [0.3, 0.4) is 0 Å². The zero-order chi connectivity index (χ0) is 16.2. The summed E-state index contributed by atoms with van der Waals surface area (Å²) < 4.78 is 0. The summed E-state index contributed by atoms with van der Waals surface area (Å²) >= 11 is 0. The van der Waals surface area contributed by atoms with Crippen LogP contribution in [0.25, 0.3) is 0 Å². The van der Waals surface area contributed by atoms with E-state index >= 15 is 0 Å². The van der Waals surface area contributed by atoms with Crippen LogP contribution in [0.2, 0.25) is 0 Å². The first-order valence-corrected chi connectivity index (χ1v) is 8.68. The maximum atomic E-state index is 13.0. The number of hydrogen-bond acceptors (Lipinski definition) is 4. The van der Waals surface area contributed by atoms with Crippen LogP contribution < -0.4 is 10.2 Å². The Labute approximate surface area is 139 Å². The van der Waals surface area contributed by atoms with Crippen LogP contribution in [0.5, 0.6) is 0 Å². The molecule has 0 unspecified atom stereocenters. The maximum Gasteiger partial charge on any atom is 0.255 e. The van der Waals surface area contributed by atoms with Gasteiger partial charge in [0.05, 0.1) is 5.56 Å². The molecule has 1 amide bonds. The smallest absolute Gasteiger partial charge is 0.255 e. The normalized spacial score (nSPS) is 20.8. The van der Waals surface area contributed by atoms with E-state index in [-0.39, 0.29) is 5.91 Å². The molecule has 23 heavy (non-hydrogen) atoms. The zero-order valence-corrected chi connectivity index (χ0v) is 14.3. The predicted octanol–water partition coefficient (Wildman–Crippen LogP) is 1.26. The lowest BCUT2D eigenvalue weighted by atomic mass is 10.0. The Morgan fingerprint density at radius 2 is 1.70 bits per heavy atom. The molecule has 0 spiro atoms. The highest BCUT2D eigenvalue weighted by molar-refractivity contribution is 5.99. The van der Waals surface area contributed by atoms with Gasteiger partial charge in [0.2, 0.25) is 0 Å². The van der Waals surface area contributed by atoms with Gasteiger partial charge in [0.15, 0.2) is 0 Å². The quantitative estimate of drug-likeness (QED) is 0.911. The number of piperidine rings is 1. The summed E-state index contributed by atoms with van der Waals surface area (Å²) in [5.41, 5.74) is 1.96. The van der Waals surface area contributed by atoms with Gasteiger partial charge in [-0.1, -0.05) is 12.1 Å². The number of hydrogen-bond donors (Lipinski definition) is 1. The third kappa shape index (κ3) is 3.67. The van der Waals surface area contributed by atoms with E-state index in [4.69, 9.17) is 0 Å². The first-order valence-electron chi connectivity index (χ1n) is 8.68. The molecule has 2 heterocycles. The molecule has 0 atom stereocenters. The molecule has 0 aromatic heterocycles. The number of amides is 1. The number of piperazine rings is 1. The summed E-state index contributed by atoms with van der Waals surface area (Å²) in [6, 6.07) is 8.65. The minimum Gasteiger partial charge on any atom is -0.368 e. The summed E-state index contributed by atoms with van der Waals surface area (Å²) in [4.78, 5) is 19.7. The summed E-state index contributed by atoms with van der Waals surface area (Å²) in [6.07, 6.45) is 2.08. The van der Waals surface area contributed by atoms with E-state index in [2.05, 4.69) is 28.2 Å². The van der Waals surface area contributed by atoms with Crippen LogP contribution >= 0.6 is 0 Å². The molecule has 0 radical (unpaired) electrons. The monoisotopic (exact) mass is 316 g/mol. The van der Waals surface area contributed by atoms with E-state index in [0.717, 1.165) is 63.4 Å². The fourth-order valence-electron chi connectivity index (χ4n) is 3.52. The number of nitrogens with zero attached hydrogens (tertiary/aromatic N) is 3. The van der Waals surface area contributed by atoms with Crippen molar-refractivity contribution in [1.82, 2.24) is 15.1 Å². The van der Waals surface area contributed by atoms with Gasteiger partial charge in [-0.3, -0.25) is 4.79 Å². The molecule has 1 N–H and O–H groups in total. The number of benzene rings is 1. The van der Waals surface area contributed by atoms with Gasteiger partial charge in [0.25, 0.3) is 5.91 Å². The molecule has 2 fully saturated rings. The van der Waals surface area contributed by atoms with Gasteiger partial charge in [-0.2, -0.15) is 0 Å². The molecule has 1 aromatic rings. The number of carbonyl (C=O) groups excluding carboxylic acids is 1. The van der Waals surface area contributed by atoms with Gasteiger partial charge in [0.1, 0.15) is 0 Å². The second-order valence-electron chi connectivity index (χ2n) is 6.66. The Morgan fingerprint density at radius 1 is 1.04 bits per heavy atom. The number of anilines is 1. The SMILES string of the molecule is CNC1CCN(C(=O)c2ccccc2N2CCN(C)CC2)CC1. The average molecular weight is 316 g/mol. The Morgan fingerprint density at radius 3 is 2.35 bits per heavy atom. The minimum atomic E-state index is 0.189. The van der Waals surface area contributed by atoms with Crippen molar-refractivity contribution in [3.05, 3.63) is 29.8 Å². The fraction of sp³-hybridized carbons (Fsp3) is 0.611. The molecule has 0 bridgehead atoms. The van der Waals surface area contributed by atoms with E-state index in [0.29, 0.717) is 6.04 Å². The number of carbonyl (C=O) groups is 1. The standard InChI is InChI=1S/C18H28N4O/c1-19-15-7-9-22(10-8-15)18(23)16-5-3-4-6-17(16)21-13-11-20(2)12-14-21/h3-6,15,19H,7-14H2,1-2H3. The fourth-order valence-corrected chi connectivity index (χ4v) is 3.52. The van der Waals surface area contributed by atoms with E-state index < -0.39 is 0 Å². The van der Waals surface area contributed by atoms with Crippen molar-refractivity contribution in [2.24, 2.45) is 0 Å². The molecule has 5 heteroatoms. The van der Waals surface area contributed by atoms with Crippen LogP contribution in [-0.2, 0) is 0 Å². The molecule has 0 aliphatic carbocycles. The molecule has 2 aliphatic heterocycles. The summed E-state index contributed by atoms with van der Waals surface area (Å²) in [5, 5.41) is 3.32. The first kappa shape index (κ1) is 16.3. The molecule has 126 valence electrons. The van der Waals surface area contributed by atoms with Crippen molar-refractivity contribution in [3.63, 3.8) is 0 Å². The van der Waals surface area contributed by atoms with Crippen molar-refractivity contribution in [2.75, 3.05) is 58.3 Å². The second-order valence-corrected chi connectivity index (χ2v) is 6.66. The topological polar surface area (TPSA) is 38.8 Å². The lowest BCUT2D eigenvalue weighted by Crippen LogP contribution is -2.46. The third-order valence-corrected chi connectivity index (χ3v) is 5.17. The van der Waals surface area contributed by atoms with Gasteiger partial charge in [0, 0.05) is 51.0 Å². The van der Waals surface area contributed by atoms with Crippen LogP contribution in [0.1, 0.15) is 23.2 Å². The van der Waals surface area contributed by atoms with Crippen LogP contribution in [-0.4, -0.2) is 75.1 Å². The lowest BCUT2D eigenvalue weighted by Gasteiger charge is -2.36. The molecule has 1 aromatic carbocycles. The molecule has 0 saturated carbocycles. The van der Waals surface area contributed by atoms with Crippen LogP contribution in [0, 0.1) is 0 Å². The highest BCUT2D eigenvalue weighted by Crippen LogP contribution is 2.24. The minimum absolute atomic E-state index is 0.189. The molecule has 5 nitrogen and oxygen atoms in total. The zero-order valence-electron chi connectivity index (χ0n) is 14.3. The van der Waals surface area contributed by atoms with E-state index in [1.165, 1.54) is 0 Å². The van der Waals surface area contributed by atoms with Crippen molar-refractivity contribution in [3.8, 4) is 0 Å². The largest absolute Gasteiger partial charge is 0.368 e. The van der Waals surface area contributed by atoms with Crippen LogP contribution in [0.4, 0.5) is 5.69 Å². The van der Waals surface area contributed by atoms with Crippen LogP contribution in [0.15, 0.2) is 24.3 Å². The summed E-state index contributed by atoms with van der Waals surface area (Å²) in [7, 11) is 4.16. The number of para-hydroxylation sites is 1. The highest BCUT2D eigenvalue weighted by atomic mass is 16.2. The van der Waals surface area contributed by atoms with Gasteiger partial charge >= 0.3 is 0 Å². The Hall–Kier alpha value is -1.59. The van der Waals surface area contributed by atoms with Gasteiger partial charge in [-0.25, -0.2) is 0 Å². The third-order valence-electron chi connectivity index (χ3n) is 5.17. The van der Waals surface area contributed by atoms with Crippen molar-refractivity contribution in [1.29, 1.82) is 0 Å². The highest BCUT2D eigenvalue weighted by Gasteiger charge is 2.26. The predicted molar refractivity (Wildman–Crippen MR) is 94.1 cm³/mol. The van der Waals surface area contributed by atoms with Crippen molar-refractivity contribution in [2.45, 2.75) is 18.9 Å². The average Bonchev–Trinajstić information content (AvgIpc) is 2.62. The number of nitrogens with one attached hydrogen (secondary N) is 1. The molecule has 2 saturated heterocycles. The lowest BCUT2D eigenvalue weighted by molar-refractivity contribution is 0.0708. The Balaban J connectivity index is 1.73. The van der Waals surface area contributed by atoms with Gasteiger partial charge in [-0.05, 0) is 39.1 Å². The van der Waals surface area contributed by atoms with E-state index in [9.17, 15) is 4.79 Å². The van der Waals surface area contributed by atoms with E-state index in [1.807, 2.05) is 30.1 Å². The molecular weight excluding hydrogens is 288 g/mol. The second kappa shape index (κ2) is 7.32. The first-order chi connectivity index (χ1) is 11.2. The number of rotatable bonds is 3. The van der Waals surface area contributed by atoms with E-state index in [1.54, 1.807) is 0 Å². The molecule has 2 aliphatic rings. The molecule has 3 rings (SSSR count). The Bertz CT molecular complexity index is 532. The summed E-state index contributed by atoms with van der Waals surface area (Å²) in [5.74, 6) is 0.189. The maximum absolute atomic E-state index is 13.0. The number of likely N-dealkylation sites (N-methyl/N-ethyl adjacent to an activating group) is 1. The van der Waals surface area contributed by atoms with Gasteiger partial charge in [-0.15, -0.1) is 0 Å². The Kier molecular flexibility index (Phi) is 5.18. The van der Waals surface area contributed by atoms with Crippen molar-refractivity contribution < 1.29 is 4.79 Å². The van der Waals surface area contributed by atoms with Gasteiger partial charge < -0.3 is 20.0 Å². The van der Waals surface area contributed by atoms with Crippen molar-refractivity contribution >= 4 is 11.6 Å². The number of likely N-dealkylation sites (tertiary alicyclic amines) is 1. The molecular formula is C18H28N4O. The summed E-state index contributed by atoms with van der Waals surface area (Å²) in [6.45, 7) is 5.78.